The van der Waals surface area contributed by atoms with E-state index < -0.39 is 0 Å². The van der Waals surface area contributed by atoms with Crippen LogP contribution in [0.2, 0.25) is 0 Å². The van der Waals surface area contributed by atoms with Crippen LogP contribution in [0.1, 0.15) is 22.4 Å². The predicted octanol–water partition coefficient (Wildman–Crippen LogP) is 5.04. The molecular weight excluding hydrogens is 358 g/mol. The van der Waals surface area contributed by atoms with Gasteiger partial charge in [-0.15, -0.1) is 0 Å². The van der Waals surface area contributed by atoms with E-state index in [1.54, 1.807) is 13.3 Å². The fraction of sp³-hybridized carbons (Fsp3) is 0.120. The van der Waals surface area contributed by atoms with Crippen molar-refractivity contribution in [3.05, 3.63) is 108 Å². The minimum atomic E-state index is -0.290. The van der Waals surface area contributed by atoms with E-state index >= 15 is 0 Å². The molecule has 2 aromatic carbocycles. The van der Waals surface area contributed by atoms with Crippen LogP contribution in [0, 0.1) is 0 Å². The van der Waals surface area contributed by atoms with E-state index in [1.807, 2.05) is 24.4 Å². The molecule has 0 saturated heterocycles. The first-order chi connectivity index (χ1) is 14.3. The zero-order valence-electron chi connectivity index (χ0n) is 16.2. The standard InChI is InChI=1S/C25H21N3O/c1-29-21-11-5-10-20(15-21)25(19-8-3-2-4-9-19)13-12-22-23(16-25)27-28-24(22)18-7-6-14-26-17-18/h2-15,17H,16H2,1H3,(H,27,28). The van der Waals surface area contributed by atoms with Gasteiger partial charge in [0, 0.05) is 41.1 Å². The first kappa shape index (κ1) is 17.4. The lowest BCUT2D eigenvalue weighted by Crippen LogP contribution is -2.30. The highest BCUT2D eigenvalue weighted by Crippen LogP contribution is 2.43. The highest BCUT2D eigenvalue weighted by atomic mass is 16.5. The largest absolute Gasteiger partial charge is 0.497 e. The van der Waals surface area contributed by atoms with Crippen molar-refractivity contribution in [1.29, 1.82) is 0 Å². The van der Waals surface area contributed by atoms with Crippen LogP contribution in [0.25, 0.3) is 17.3 Å². The Morgan fingerprint density at radius 3 is 2.62 bits per heavy atom. The number of allylic oxidation sites excluding steroid dienone is 1. The molecule has 1 unspecified atom stereocenters. The van der Waals surface area contributed by atoms with Gasteiger partial charge in [0.2, 0.25) is 0 Å². The number of H-pyrrole nitrogens is 1. The summed E-state index contributed by atoms with van der Waals surface area (Å²) in [4.78, 5) is 4.24. The van der Waals surface area contributed by atoms with E-state index in [9.17, 15) is 0 Å². The minimum Gasteiger partial charge on any atom is -0.497 e. The molecule has 1 aliphatic carbocycles. The molecule has 0 radical (unpaired) electrons. The Labute approximate surface area is 169 Å². The van der Waals surface area contributed by atoms with E-state index in [4.69, 9.17) is 4.74 Å². The molecule has 0 bridgehead atoms. The molecule has 0 amide bonds. The molecule has 4 aromatic rings. The van der Waals surface area contributed by atoms with Gasteiger partial charge in [0.15, 0.2) is 0 Å². The van der Waals surface area contributed by atoms with Crippen molar-refractivity contribution in [2.24, 2.45) is 0 Å². The molecule has 2 heterocycles. The lowest BCUT2D eigenvalue weighted by atomic mass is 9.68. The van der Waals surface area contributed by atoms with E-state index in [2.05, 4.69) is 75.9 Å². The normalized spacial score (nSPS) is 17.7. The number of hydrogen-bond acceptors (Lipinski definition) is 3. The molecule has 0 saturated carbocycles. The molecular formula is C25H21N3O. The summed E-state index contributed by atoms with van der Waals surface area (Å²) in [5.74, 6) is 0.859. The number of benzene rings is 2. The van der Waals surface area contributed by atoms with Gasteiger partial charge in [-0.2, -0.15) is 5.10 Å². The summed E-state index contributed by atoms with van der Waals surface area (Å²) in [7, 11) is 1.71. The average Bonchev–Trinajstić information content (AvgIpc) is 3.23. The second-order valence-electron chi connectivity index (χ2n) is 7.29. The number of ether oxygens (including phenoxy) is 1. The molecule has 5 rings (SSSR count). The number of pyridine rings is 1. The van der Waals surface area contributed by atoms with Crippen molar-refractivity contribution >= 4 is 6.08 Å². The Kier molecular flexibility index (Phi) is 4.24. The SMILES string of the molecule is COc1cccc(C2(c3ccccc3)C=Cc3c(-c4cccnc4)n[nH]c3C2)c1. The Morgan fingerprint density at radius 2 is 1.83 bits per heavy atom. The molecule has 2 aromatic heterocycles. The van der Waals surface area contributed by atoms with Crippen LogP contribution in [-0.2, 0) is 11.8 Å². The maximum absolute atomic E-state index is 5.51. The molecule has 29 heavy (non-hydrogen) atoms. The monoisotopic (exact) mass is 379 g/mol. The molecule has 0 spiro atoms. The molecule has 4 nitrogen and oxygen atoms in total. The smallest absolute Gasteiger partial charge is 0.119 e. The van der Waals surface area contributed by atoms with Crippen LogP contribution in [0.15, 0.2) is 85.2 Å². The minimum absolute atomic E-state index is 0.290. The molecule has 0 aliphatic heterocycles. The topological polar surface area (TPSA) is 50.8 Å². The van der Waals surface area contributed by atoms with Crippen LogP contribution in [0.4, 0.5) is 0 Å². The molecule has 4 heteroatoms. The maximum atomic E-state index is 5.51. The van der Waals surface area contributed by atoms with Gasteiger partial charge in [-0.05, 0) is 35.4 Å². The number of nitrogens with zero attached hydrogens (tertiary/aromatic N) is 2. The summed E-state index contributed by atoms with van der Waals surface area (Å²) in [6, 6.07) is 22.9. The van der Waals surface area contributed by atoms with Crippen LogP contribution >= 0.6 is 0 Å². The van der Waals surface area contributed by atoms with Gasteiger partial charge in [0.25, 0.3) is 0 Å². The number of rotatable bonds is 4. The van der Waals surface area contributed by atoms with Crippen molar-refractivity contribution in [3.63, 3.8) is 0 Å². The van der Waals surface area contributed by atoms with Gasteiger partial charge >= 0.3 is 0 Å². The number of fused-ring (bicyclic) bond motifs is 1. The van der Waals surface area contributed by atoms with E-state index in [0.29, 0.717) is 0 Å². The number of aromatic nitrogens is 3. The van der Waals surface area contributed by atoms with E-state index in [-0.39, 0.29) is 5.41 Å². The molecule has 1 aliphatic rings. The molecule has 142 valence electrons. The number of methoxy groups -OCH3 is 1. The molecule has 1 atom stereocenters. The highest BCUT2D eigenvalue weighted by Gasteiger charge is 2.36. The zero-order chi connectivity index (χ0) is 19.7. The third kappa shape index (κ3) is 2.93. The highest BCUT2D eigenvalue weighted by molar-refractivity contribution is 5.76. The van der Waals surface area contributed by atoms with Crippen molar-refractivity contribution in [3.8, 4) is 17.0 Å². The van der Waals surface area contributed by atoms with Crippen LogP contribution < -0.4 is 4.74 Å². The Morgan fingerprint density at radius 1 is 0.966 bits per heavy atom. The lowest BCUT2D eigenvalue weighted by molar-refractivity contribution is 0.413. The van der Waals surface area contributed by atoms with Gasteiger partial charge in [0.05, 0.1) is 7.11 Å². The summed E-state index contributed by atoms with van der Waals surface area (Å²) in [6.07, 6.45) is 8.92. The van der Waals surface area contributed by atoms with Gasteiger partial charge < -0.3 is 4.74 Å². The average molecular weight is 379 g/mol. The number of aromatic amines is 1. The molecule has 1 N–H and O–H groups in total. The second kappa shape index (κ2) is 7.06. The number of hydrogen-bond donors (Lipinski definition) is 1. The first-order valence-corrected chi connectivity index (χ1v) is 9.67. The Bertz CT molecular complexity index is 1170. The fourth-order valence-corrected chi connectivity index (χ4v) is 4.19. The third-order valence-electron chi connectivity index (χ3n) is 5.68. The van der Waals surface area contributed by atoms with E-state index in [0.717, 1.165) is 34.7 Å². The zero-order valence-corrected chi connectivity index (χ0v) is 16.2. The summed E-state index contributed by atoms with van der Waals surface area (Å²) in [5, 5.41) is 7.90. The first-order valence-electron chi connectivity index (χ1n) is 9.67. The van der Waals surface area contributed by atoms with Gasteiger partial charge in [0.1, 0.15) is 11.4 Å². The third-order valence-corrected chi connectivity index (χ3v) is 5.68. The predicted molar refractivity (Wildman–Crippen MR) is 115 cm³/mol. The van der Waals surface area contributed by atoms with Crippen molar-refractivity contribution in [2.75, 3.05) is 7.11 Å². The Balaban J connectivity index is 1.66. The molecule has 0 fully saturated rings. The lowest BCUT2D eigenvalue weighted by Gasteiger charge is -2.34. The second-order valence-corrected chi connectivity index (χ2v) is 7.29. The van der Waals surface area contributed by atoms with Gasteiger partial charge in [-0.25, -0.2) is 0 Å². The fourth-order valence-electron chi connectivity index (χ4n) is 4.19. The summed E-state index contributed by atoms with van der Waals surface area (Å²) in [6.45, 7) is 0. The van der Waals surface area contributed by atoms with Crippen molar-refractivity contribution in [1.82, 2.24) is 15.2 Å². The van der Waals surface area contributed by atoms with Crippen molar-refractivity contribution in [2.45, 2.75) is 11.8 Å². The van der Waals surface area contributed by atoms with Gasteiger partial charge in [-0.3, -0.25) is 10.1 Å². The number of nitrogens with one attached hydrogen (secondary N) is 1. The maximum Gasteiger partial charge on any atom is 0.119 e. The van der Waals surface area contributed by atoms with E-state index in [1.165, 1.54) is 11.1 Å². The summed E-state index contributed by atoms with van der Waals surface area (Å²) >= 11 is 0. The summed E-state index contributed by atoms with van der Waals surface area (Å²) in [5.41, 5.74) is 6.36. The Hall–Kier alpha value is -3.66. The van der Waals surface area contributed by atoms with Gasteiger partial charge in [-0.1, -0.05) is 54.6 Å². The van der Waals surface area contributed by atoms with Crippen LogP contribution in [-0.4, -0.2) is 22.3 Å². The van der Waals surface area contributed by atoms with Crippen LogP contribution in [0.5, 0.6) is 5.75 Å². The quantitative estimate of drug-likeness (QED) is 0.541. The summed E-state index contributed by atoms with van der Waals surface area (Å²) < 4.78 is 5.51. The van der Waals surface area contributed by atoms with Crippen molar-refractivity contribution < 1.29 is 4.74 Å². The van der Waals surface area contributed by atoms with Crippen LogP contribution in [0.3, 0.4) is 0 Å².